The maximum absolute atomic E-state index is 10.1. The summed E-state index contributed by atoms with van der Waals surface area (Å²) in [7, 11) is 0. The third kappa shape index (κ3) is 2.51. The maximum atomic E-state index is 10.1. The molecule has 0 unspecified atom stereocenters. The van der Waals surface area contributed by atoms with Crippen LogP contribution in [0, 0.1) is 11.3 Å². The Morgan fingerprint density at radius 3 is 2.81 bits per heavy atom. The lowest BCUT2D eigenvalue weighted by molar-refractivity contribution is 0.250. The number of ether oxygens (including phenoxy) is 1. The van der Waals surface area contributed by atoms with E-state index in [1.165, 1.54) is 6.42 Å². The summed E-state index contributed by atoms with van der Waals surface area (Å²) in [4.78, 5) is 16.2. The second kappa shape index (κ2) is 6.24. The van der Waals surface area contributed by atoms with Crippen molar-refractivity contribution in [2.45, 2.75) is 38.7 Å². The van der Waals surface area contributed by atoms with Crippen LogP contribution >= 0.6 is 11.6 Å². The number of nitriles is 1. The molecule has 5 heterocycles. The van der Waals surface area contributed by atoms with Crippen LogP contribution in [-0.2, 0) is 6.42 Å². The van der Waals surface area contributed by atoms with Crippen molar-refractivity contribution in [3.63, 3.8) is 0 Å². The van der Waals surface area contributed by atoms with E-state index in [1.807, 2.05) is 6.92 Å². The summed E-state index contributed by atoms with van der Waals surface area (Å²) in [6, 6.07) is 2.42. The number of amidine groups is 1. The highest BCUT2D eigenvalue weighted by atomic mass is 35.5. The second-order valence-corrected chi connectivity index (χ2v) is 7.52. The van der Waals surface area contributed by atoms with Gasteiger partial charge in [-0.2, -0.15) is 10.2 Å². The molecule has 0 aromatic carbocycles. The first-order valence-electron chi connectivity index (χ1n) is 9.30. The van der Waals surface area contributed by atoms with Crippen molar-refractivity contribution in [1.29, 1.82) is 5.26 Å². The Hall–Kier alpha value is -2.59. The summed E-state index contributed by atoms with van der Waals surface area (Å²) >= 11 is 6.04. The van der Waals surface area contributed by atoms with Crippen molar-refractivity contribution in [1.82, 2.24) is 9.97 Å². The zero-order valence-electron chi connectivity index (χ0n) is 15.0. The van der Waals surface area contributed by atoms with E-state index in [1.54, 1.807) is 0 Å². The van der Waals surface area contributed by atoms with Gasteiger partial charge in [0.15, 0.2) is 5.82 Å². The Bertz CT molecular complexity index is 1020. The first kappa shape index (κ1) is 16.6. The van der Waals surface area contributed by atoms with Crippen LogP contribution in [0.2, 0.25) is 0 Å². The lowest BCUT2D eigenvalue weighted by Gasteiger charge is -2.30. The number of rotatable bonds is 2. The molecule has 2 aromatic rings. The molecule has 5 rings (SSSR count). The topological polar surface area (TPSA) is 86.4 Å². The van der Waals surface area contributed by atoms with Crippen molar-refractivity contribution < 1.29 is 4.74 Å². The van der Waals surface area contributed by atoms with Gasteiger partial charge in [0.05, 0.1) is 11.3 Å². The fourth-order valence-corrected chi connectivity index (χ4v) is 4.36. The molecular formula is C19H19ClN6O. The van der Waals surface area contributed by atoms with E-state index >= 15 is 0 Å². The Morgan fingerprint density at radius 1 is 1.26 bits per heavy atom. The zero-order chi connectivity index (χ0) is 18.5. The van der Waals surface area contributed by atoms with Crippen LogP contribution in [0.5, 0.6) is 5.88 Å². The van der Waals surface area contributed by atoms with Gasteiger partial charge in [0, 0.05) is 30.5 Å². The average molecular weight is 383 g/mol. The zero-order valence-corrected chi connectivity index (χ0v) is 15.8. The quantitative estimate of drug-likeness (QED) is 0.800. The van der Waals surface area contributed by atoms with E-state index in [9.17, 15) is 5.26 Å². The maximum Gasteiger partial charge on any atom is 0.219 e. The van der Waals surface area contributed by atoms with Gasteiger partial charge >= 0.3 is 0 Å². The summed E-state index contributed by atoms with van der Waals surface area (Å²) in [5.74, 6) is 3.67. The van der Waals surface area contributed by atoms with Crippen LogP contribution in [0.3, 0.4) is 0 Å². The van der Waals surface area contributed by atoms with Crippen molar-refractivity contribution in [2.75, 3.05) is 29.2 Å². The van der Waals surface area contributed by atoms with E-state index < -0.39 is 0 Å². The number of aliphatic imine (C=N–C) groups is 1. The third-order valence-electron chi connectivity index (χ3n) is 5.39. The fraction of sp³-hybridized carbons (Fsp3) is 0.474. The monoisotopic (exact) mass is 382 g/mol. The fourth-order valence-electron chi connectivity index (χ4n) is 4.19. The lowest BCUT2D eigenvalue weighted by Crippen LogP contribution is -2.31. The van der Waals surface area contributed by atoms with E-state index in [0.717, 1.165) is 59.7 Å². The van der Waals surface area contributed by atoms with Crippen molar-refractivity contribution in [2.24, 2.45) is 4.99 Å². The minimum Gasteiger partial charge on any atom is -0.472 e. The second-order valence-electron chi connectivity index (χ2n) is 7.21. The van der Waals surface area contributed by atoms with Gasteiger partial charge in [-0.3, -0.25) is 0 Å². The molecule has 0 saturated carbocycles. The molecule has 0 aliphatic carbocycles. The predicted molar refractivity (Wildman–Crippen MR) is 106 cm³/mol. The standard InChI is InChI=1S/C19H19ClN6O/c1-10-22-16-15-14(12-7-11(8-20)27-19(12)25-17(15)23-10)13(9-21)18(24-16)26-5-3-2-4-6-26/h11H,2-8H2,1H3,(H,22,23,24,25)/t11-/m0/s1. The smallest absolute Gasteiger partial charge is 0.219 e. The Morgan fingerprint density at radius 2 is 2.07 bits per heavy atom. The number of nitrogens with zero attached hydrogens (tertiary/aromatic N) is 5. The summed E-state index contributed by atoms with van der Waals surface area (Å²) in [5.41, 5.74) is 1.53. The molecule has 138 valence electrons. The number of aromatic nitrogens is 2. The molecule has 0 spiro atoms. The largest absolute Gasteiger partial charge is 0.472 e. The Balaban J connectivity index is 1.83. The van der Waals surface area contributed by atoms with Crippen LogP contribution in [0.1, 0.15) is 37.3 Å². The molecule has 8 heteroatoms. The molecule has 1 fully saturated rings. The third-order valence-corrected chi connectivity index (χ3v) is 5.74. The Kier molecular flexibility index (Phi) is 3.83. The number of anilines is 2. The SMILES string of the molecule is CC1=Nc2nc3c(c4c(C#N)c(N5CCCCC5)nc(c24)N1)C[C@@H](CCl)O3. The van der Waals surface area contributed by atoms with Crippen LogP contribution in [0.15, 0.2) is 4.99 Å². The molecule has 1 atom stereocenters. The summed E-state index contributed by atoms with van der Waals surface area (Å²) in [6.45, 7) is 3.72. The number of fused-ring (bicyclic) bond motifs is 2. The van der Waals surface area contributed by atoms with Gasteiger partial charge < -0.3 is 15.0 Å². The molecule has 0 radical (unpaired) electrons. The van der Waals surface area contributed by atoms with Crippen molar-refractivity contribution >= 4 is 45.7 Å². The molecule has 0 bridgehead atoms. The summed E-state index contributed by atoms with van der Waals surface area (Å²) in [6.07, 6.45) is 3.96. The van der Waals surface area contributed by atoms with Crippen molar-refractivity contribution in [3.05, 3.63) is 11.1 Å². The number of halogens is 1. The molecule has 1 N–H and O–H groups in total. The normalized spacial score (nSPS) is 20.6. The molecule has 3 aliphatic heterocycles. The molecule has 0 amide bonds. The van der Waals surface area contributed by atoms with Gasteiger partial charge in [-0.15, -0.1) is 11.6 Å². The molecule has 27 heavy (non-hydrogen) atoms. The number of hydrogen-bond acceptors (Lipinski definition) is 7. The van der Waals surface area contributed by atoms with E-state index in [4.69, 9.17) is 21.3 Å². The average Bonchev–Trinajstić information content (AvgIpc) is 3.11. The lowest BCUT2D eigenvalue weighted by atomic mass is 9.98. The van der Waals surface area contributed by atoms with Crippen LogP contribution in [0.25, 0.3) is 10.8 Å². The van der Waals surface area contributed by atoms with Gasteiger partial charge in [-0.25, -0.2) is 9.98 Å². The minimum absolute atomic E-state index is 0.131. The van der Waals surface area contributed by atoms with Crippen LogP contribution < -0.4 is 15.0 Å². The highest BCUT2D eigenvalue weighted by Crippen LogP contribution is 2.45. The number of nitrogens with one attached hydrogen (secondary N) is 1. The van der Waals surface area contributed by atoms with E-state index in [2.05, 4.69) is 26.3 Å². The highest BCUT2D eigenvalue weighted by Gasteiger charge is 2.33. The van der Waals surface area contributed by atoms with Gasteiger partial charge in [-0.1, -0.05) is 0 Å². The predicted octanol–water partition coefficient (Wildman–Crippen LogP) is 3.51. The van der Waals surface area contributed by atoms with E-state index in [0.29, 0.717) is 29.6 Å². The molecule has 3 aliphatic rings. The minimum atomic E-state index is -0.131. The number of alkyl halides is 1. The van der Waals surface area contributed by atoms with E-state index in [-0.39, 0.29) is 6.10 Å². The summed E-state index contributed by atoms with van der Waals surface area (Å²) in [5, 5.41) is 15.0. The highest BCUT2D eigenvalue weighted by molar-refractivity contribution is 6.18. The molecule has 7 nitrogen and oxygen atoms in total. The van der Waals surface area contributed by atoms with Crippen LogP contribution in [0.4, 0.5) is 17.5 Å². The molecule has 2 aromatic heterocycles. The first-order valence-corrected chi connectivity index (χ1v) is 9.83. The van der Waals surface area contributed by atoms with Gasteiger partial charge in [0.1, 0.15) is 35.2 Å². The summed E-state index contributed by atoms with van der Waals surface area (Å²) < 4.78 is 5.91. The van der Waals surface area contributed by atoms with Gasteiger partial charge in [0.2, 0.25) is 5.88 Å². The number of piperidine rings is 1. The number of pyridine rings is 2. The van der Waals surface area contributed by atoms with Gasteiger partial charge in [0.25, 0.3) is 0 Å². The molecule has 1 saturated heterocycles. The number of hydrogen-bond donors (Lipinski definition) is 1. The van der Waals surface area contributed by atoms with Crippen molar-refractivity contribution in [3.8, 4) is 11.9 Å². The Labute approximate surface area is 162 Å². The molecular weight excluding hydrogens is 364 g/mol. The van der Waals surface area contributed by atoms with Crippen LogP contribution in [-0.4, -0.2) is 40.9 Å². The first-order chi connectivity index (χ1) is 13.2. The van der Waals surface area contributed by atoms with Gasteiger partial charge in [-0.05, 0) is 26.2 Å².